The summed E-state index contributed by atoms with van der Waals surface area (Å²) in [4.78, 5) is 26.2. The number of H-pyrrole nitrogens is 1. The van der Waals surface area contributed by atoms with E-state index in [-0.39, 0.29) is 5.56 Å². The first-order chi connectivity index (χ1) is 11.1. The molecule has 2 heterocycles. The summed E-state index contributed by atoms with van der Waals surface area (Å²) in [6, 6.07) is 9.05. The van der Waals surface area contributed by atoms with Crippen molar-refractivity contribution in [3.05, 3.63) is 51.1 Å². The first-order valence-corrected chi connectivity index (χ1v) is 8.24. The van der Waals surface area contributed by atoms with E-state index < -0.39 is 5.97 Å². The predicted octanol–water partition coefficient (Wildman–Crippen LogP) is 3.39. The number of hydrogen-bond donors (Lipinski definition) is 1. The van der Waals surface area contributed by atoms with Crippen molar-refractivity contribution in [2.24, 2.45) is 0 Å². The largest absolute Gasteiger partial charge is 0.462 e. The second-order valence-corrected chi connectivity index (χ2v) is 6.17. The predicted molar refractivity (Wildman–Crippen MR) is 91.0 cm³/mol. The summed E-state index contributed by atoms with van der Waals surface area (Å²) in [7, 11) is 0. The van der Waals surface area contributed by atoms with Crippen LogP contribution in [0, 0.1) is 0 Å². The highest BCUT2D eigenvalue weighted by Crippen LogP contribution is 2.31. The maximum absolute atomic E-state index is 12.1. The van der Waals surface area contributed by atoms with E-state index in [0.717, 1.165) is 22.4 Å². The van der Waals surface area contributed by atoms with Crippen LogP contribution in [0.25, 0.3) is 21.3 Å². The lowest BCUT2D eigenvalue weighted by molar-refractivity contribution is 0.0526. The monoisotopic (exact) mass is 328 g/mol. The van der Waals surface area contributed by atoms with E-state index in [2.05, 4.69) is 23.2 Å². The van der Waals surface area contributed by atoms with Gasteiger partial charge in [-0.05, 0) is 37.6 Å². The molecule has 0 fully saturated rings. The fraction of sp³-hybridized carbons (Fsp3) is 0.235. The summed E-state index contributed by atoms with van der Waals surface area (Å²) in [6.07, 6.45) is 0.957. The van der Waals surface area contributed by atoms with Crippen LogP contribution < -0.4 is 5.56 Å². The highest BCUT2D eigenvalue weighted by Gasteiger charge is 2.14. The Hall–Kier alpha value is -2.47. The van der Waals surface area contributed by atoms with Crippen molar-refractivity contribution >= 4 is 28.1 Å². The number of nitrogens with zero attached hydrogens (tertiary/aromatic N) is 1. The number of esters is 1. The van der Waals surface area contributed by atoms with Crippen LogP contribution in [0.3, 0.4) is 0 Å². The maximum atomic E-state index is 12.1. The molecule has 118 valence electrons. The van der Waals surface area contributed by atoms with Gasteiger partial charge in [0.05, 0.1) is 22.4 Å². The lowest BCUT2D eigenvalue weighted by atomic mass is 10.1. The summed E-state index contributed by atoms with van der Waals surface area (Å²) in [5.74, 6) is -0.434. The number of carbonyl (C=O) groups excluding carboxylic acids is 1. The Bertz CT molecular complexity index is 927. The van der Waals surface area contributed by atoms with Gasteiger partial charge in [0.15, 0.2) is 0 Å². The van der Waals surface area contributed by atoms with Crippen LogP contribution in [0.4, 0.5) is 0 Å². The zero-order chi connectivity index (χ0) is 16.4. The number of rotatable bonds is 4. The first-order valence-electron chi connectivity index (χ1n) is 7.42. The van der Waals surface area contributed by atoms with Crippen LogP contribution in [0.15, 0.2) is 35.1 Å². The normalized spacial score (nSPS) is 10.9. The van der Waals surface area contributed by atoms with Crippen molar-refractivity contribution in [2.75, 3.05) is 6.61 Å². The molecule has 0 saturated heterocycles. The third kappa shape index (κ3) is 2.90. The van der Waals surface area contributed by atoms with Gasteiger partial charge in [0, 0.05) is 10.3 Å². The van der Waals surface area contributed by atoms with Crippen molar-refractivity contribution < 1.29 is 9.53 Å². The zero-order valence-corrected chi connectivity index (χ0v) is 13.7. The quantitative estimate of drug-likeness (QED) is 0.745. The minimum absolute atomic E-state index is 0.295. The van der Waals surface area contributed by atoms with Crippen molar-refractivity contribution in [1.29, 1.82) is 0 Å². The third-order valence-electron chi connectivity index (χ3n) is 3.54. The Morgan fingerprint density at radius 2 is 2.04 bits per heavy atom. The van der Waals surface area contributed by atoms with Gasteiger partial charge in [-0.25, -0.2) is 9.89 Å². The van der Waals surface area contributed by atoms with Gasteiger partial charge in [0.1, 0.15) is 5.69 Å². The molecule has 23 heavy (non-hydrogen) atoms. The van der Waals surface area contributed by atoms with E-state index >= 15 is 0 Å². The van der Waals surface area contributed by atoms with E-state index in [4.69, 9.17) is 4.74 Å². The van der Waals surface area contributed by atoms with Gasteiger partial charge in [-0.1, -0.05) is 13.0 Å². The zero-order valence-electron chi connectivity index (χ0n) is 12.9. The number of hydrogen-bond acceptors (Lipinski definition) is 5. The van der Waals surface area contributed by atoms with Crippen LogP contribution in [0.2, 0.25) is 0 Å². The number of aromatic nitrogens is 2. The highest BCUT2D eigenvalue weighted by atomic mass is 32.1. The maximum Gasteiger partial charge on any atom is 0.338 e. The van der Waals surface area contributed by atoms with Gasteiger partial charge in [0.25, 0.3) is 5.56 Å². The molecule has 0 aliphatic heterocycles. The molecule has 0 aliphatic carbocycles. The van der Waals surface area contributed by atoms with Crippen molar-refractivity contribution in [3.63, 3.8) is 0 Å². The summed E-state index contributed by atoms with van der Waals surface area (Å²) in [5, 5.41) is 7.87. The molecule has 0 saturated carbocycles. The number of nitrogens with one attached hydrogen (secondary N) is 1. The summed E-state index contributed by atoms with van der Waals surface area (Å²) in [5.41, 5.74) is 0.768. The minimum Gasteiger partial charge on any atom is -0.462 e. The number of aryl methyl sites for hydroxylation is 1. The highest BCUT2D eigenvalue weighted by molar-refractivity contribution is 7.15. The topological polar surface area (TPSA) is 72.0 Å². The number of benzene rings is 1. The number of fused-ring (bicyclic) bond motifs is 1. The van der Waals surface area contributed by atoms with Gasteiger partial charge in [-0.2, -0.15) is 5.10 Å². The van der Waals surface area contributed by atoms with Crippen LogP contribution in [-0.4, -0.2) is 22.8 Å². The van der Waals surface area contributed by atoms with Crippen molar-refractivity contribution in [2.45, 2.75) is 20.3 Å². The molecule has 3 rings (SSSR count). The van der Waals surface area contributed by atoms with E-state index in [1.165, 1.54) is 4.88 Å². The molecule has 6 heteroatoms. The molecular weight excluding hydrogens is 312 g/mol. The molecule has 0 radical (unpaired) electrons. The molecule has 2 aromatic heterocycles. The fourth-order valence-corrected chi connectivity index (χ4v) is 3.34. The number of thiophene rings is 1. The molecular formula is C17H16N2O3S. The molecule has 0 atom stereocenters. The number of carbonyl (C=O) groups is 1. The van der Waals surface area contributed by atoms with Gasteiger partial charge < -0.3 is 4.74 Å². The van der Waals surface area contributed by atoms with Gasteiger partial charge >= 0.3 is 5.97 Å². The Morgan fingerprint density at radius 1 is 1.22 bits per heavy atom. The van der Waals surface area contributed by atoms with Crippen LogP contribution in [-0.2, 0) is 11.2 Å². The Kier molecular flexibility index (Phi) is 4.25. The summed E-state index contributed by atoms with van der Waals surface area (Å²) < 4.78 is 4.98. The molecule has 0 bridgehead atoms. The standard InChI is InChI=1S/C17H16N2O3S/c1-3-11-6-8-14(23-11)15-12-7-5-10(17(21)22-4-2)9-13(12)16(20)19-18-15/h5-9H,3-4H2,1-2H3,(H,19,20). The van der Waals surface area contributed by atoms with Crippen LogP contribution in [0.1, 0.15) is 29.1 Å². The van der Waals surface area contributed by atoms with E-state index in [1.807, 2.05) is 6.07 Å². The van der Waals surface area contributed by atoms with Crippen LogP contribution in [0.5, 0.6) is 0 Å². The van der Waals surface area contributed by atoms with Gasteiger partial charge in [-0.3, -0.25) is 4.79 Å². The van der Waals surface area contributed by atoms with Crippen molar-refractivity contribution in [1.82, 2.24) is 10.2 Å². The molecule has 1 N–H and O–H groups in total. The Morgan fingerprint density at radius 3 is 2.74 bits per heavy atom. The fourth-order valence-electron chi connectivity index (χ4n) is 2.39. The van der Waals surface area contributed by atoms with E-state index in [0.29, 0.717) is 17.6 Å². The molecule has 0 amide bonds. The van der Waals surface area contributed by atoms with Gasteiger partial charge in [-0.15, -0.1) is 11.3 Å². The lowest BCUT2D eigenvalue weighted by Gasteiger charge is -2.06. The number of aromatic amines is 1. The van der Waals surface area contributed by atoms with Crippen LogP contribution >= 0.6 is 11.3 Å². The second-order valence-electron chi connectivity index (χ2n) is 5.00. The van der Waals surface area contributed by atoms with E-state index in [1.54, 1.807) is 36.5 Å². The van der Waals surface area contributed by atoms with Crippen molar-refractivity contribution in [3.8, 4) is 10.6 Å². The molecule has 0 unspecified atom stereocenters. The average molecular weight is 328 g/mol. The Balaban J connectivity index is 2.16. The second kappa shape index (κ2) is 6.34. The summed E-state index contributed by atoms with van der Waals surface area (Å²) >= 11 is 1.65. The minimum atomic E-state index is -0.434. The average Bonchev–Trinajstić information content (AvgIpc) is 3.04. The molecule has 3 aromatic rings. The molecule has 1 aromatic carbocycles. The molecule has 5 nitrogen and oxygen atoms in total. The number of ether oxygens (including phenoxy) is 1. The lowest BCUT2D eigenvalue weighted by Crippen LogP contribution is -2.11. The first kappa shape index (κ1) is 15.4. The molecule has 0 aliphatic rings. The SMILES string of the molecule is CCOC(=O)c1ccc2c(-c3ccc(CC)s3)n[nH]c(=O)c2c1. The Labute approximate surface area is 136 Å². The molecule has 0 spiro atoms. The van der Waals surface area contributed by atoms with Gasteiger partial charge in [0.2, 0.25) is 0 Å². The summed E-state index contributed by atoms with van der Waals surface area (Å²) in [6.45, 7) is 4.14. The third-order valence-corrected chi connectivity index (χ3v) is 4.78. The van der Waals surface area contributed by atoms with E-state index in [9.17, 15) is 9.59 Å². The smallest absolute Gasteiger partial charge is 0.338 e.